The molecule has 11 heteroatoms. The Morgan fingerprint density at radius 3 is 2.79 bits per heavy atom. The number of nitrogens with one attached hydrogen (secondary N) is 3. The molecule has 0 bridgehead atoms. The second kappa shape index (κ2) is 7.56. The number of fused-ring (bicyclic) bond motifs is 1. The number of urea groups is 1. The van der Waals surface area contributed by atoms with Crippen LogP contribution in [0.25, 0.3) is 11.0 Å². The Kier molecular flexibility index (Phi) is 5.34. The van der Waals surface area contributed by atoms with Gasteiger partial charge in [0.05, 0.1) is 11.3 Å². The Balaban J connectivity index is 1.80. The standard InChI is InChI=1S/C17H21F3N6O2/c1-2-9-6-26(16(28)24-8-17(18,19)20)7-12(9)25-13-10-3-4-22-15(10)23-5-11(13)14(21)27/h3-5,9,12H,2,6-8H2,1H3,(H2,21,27)(H,24,28)(H2,22,23,25)/t9-,12?/m0/s1. The predicted octanol–water partition coefficient (Wildman–Crippen LogP) is 2.06. The van der Waals surface area contributed by atoms with E-state index in [0.29, 0.717) is 29.7 Å². The number of carbonyl (C=O) groups excluding carboxylic acids is 2. The van der Waals surface area contributed by atoms with Crippen molar-refractivity contribution in [2.75, 3.05) is 25.0 Å². The number of halogens is 3. The topological polar surface area (TPSA) is 116 Å². The molecule has 2 atom stereocenters. The molecule has 1 aliphatic heterocycles. The molecular formula is C17H21F3N6O2. The summed E-state index contributed by atoms with van der Waals surface area (Å²) in [6.45, 7) is 1.07. The van der Waals surface area contributed by atoms with E-state index < -0.39 is 24.7 Å². The number of hydrogen-bond donors (Lipinski definition) is 4. The minimum atomic E-state index is -4.47. The van der Waals surface area contributed by atoms with Crippen LogP contribution in [0.1, 0.15) is 23.7 Å². The zero-order valence-electron chi connectivity index (χ0n) is 15.1. The molecule has 1 aliphatic rings. The van der Waals surface area contributed by atoms with E-state index in [2.05, 4.69) is 15.3 Å². The first-order chi connectivity index (χ1) is 13.2. The van der Waals surface area contributed by atoms with E-state index in [4.69, 9.17) is 5.73 Å². The van der Waals surface area contributed by atoms with Gasteiger partial charge in [-0.25, -0.2) is 9.78 Å². The monoisotopic (exact) mass is 398 g/mol. The maximum Gasteiger partial charge on any atom is 0.405 e. The number of amides is 3. The van der Waals surface area contributed by atoms with Gasteiger partial charge in [-0.2, -0.15) is 13.2 Å². The molecule has 0 saturated carbocycles. The number of anilines is 1. The zero-order valence-corrected chi connectivity index (χ0v) is 15.1. The van der Waals surface area contributed by atoms with E-state index in [1.807, 2.05) is 12.2 Å². The number of rotatable bonds is 5. The Bertz CT molecular complexity index is 881. The summed E-state index contributed by atoms with van der Waals surface area (Å²) in [6.07, 6.45) is -0.720. The van der Waals surface area contributed by atoms with Crippen molar-refractivity contribution in [1.29, 1.82) is 0 Å². The average molecular weight is 398 g/mol. The van der Waals surface area contributed by atoms with Crippen LogP contribution in [0.15, 0.2) is 18.5 Å². The summed E-state index contributed by atoms with van der Waals surface area (Å²) in [5.41, 5.74) is 6.74. The smallest absolute Gasteiger partial charge is 0.379 e. The van der Waals surface area contributed by atoms with Gasteiger partial charge >= 0.3 is 12.2 Å². The van der Waals surface area contributed by atoms with E-state index >= 15 is 0 Å². The number of likely N-dealkylation sites (tertiary alicyclic amines) is 1. The van der Waals surface area contributed by atoms with Gasteiger partial charge in [0.1, 0.15) is 12.2 Å². The molecule has 3 rings (SSSR count). The Labute approximate surface area is 158 Å². The van der Waals surface area contributed by atoms with Gasteiger partial charge in [0.2, 0.25) is 0 Å². The fourth-order valence-corrected chi connectivity index (χ4v) is 3.44. The maximum atomic E-state index is 12.3. The van der Waals surface area contributed by atoms with Crippen molar-refractivity contribution in [3.63, 3.8) is 0 Å². The third-order valence-corrected chi connectivity index (χ3v) is 4.87. The second-order valence-corrected chi connectivity index (χ2v) is 6.75. The largest absolute Gasteiger partial charge is 0.405 e. The lowest BCUT2D eigenvalue weighted by molar-refractivity contribution is -0.123. The number of carbonyl (C=O) groups is 2. The molecular weight excluding hydrogens is 377 g/mol. The fraction of sp³-hybridized carbons (Fsp3) is 0.471. The Hall–Kier alpha value is -2.98. The van der Waals surface area contributed by atoms with Gasteiger partial charge in [0.25, 0.3) is 5.91 Å². The third-order valence-electron chi connectivity index (χ3n) is 4.87. The molecule has 2 aromatic heterocycles. The lowest BCUT2D eigenvalue weighted by Gasteiger charge is -2.21. The lowest BCUT2D eigenvalue weighted by atomic mass is 10.00. The van der Waals surface area contributed by atoms with Crippen LogP contribution in [0.4, 0.5) is 23.7 Å². The maximum absolute atomic E-state index is 12.3. The summed E-state index contributed by atoms with van der Waals surface area (Å²) < 4.78 is 37.0. The highest BCUT2D eigenvalue weighted by Crippen LogP contribution is 2.30. The molecule has 8 nitrogen and oxygen atoms in total. The van der Waals surface area contributed by atoms with Gasteiger partial charge in [-0.05, 0) is 18.4 Å². The lowest BCUT2D eigenvalue weighted by Crippen LogP contribution is -2.43. The number of aromatic amines is 1. The van der Waals surface area contributed by atoms with E-state index in [0.717, 1.165) is 0 Å². The molecule has 152 valence electrons. The molecule has 1 unspecified atom stereocenters. The number of nitrogens with two attached hydrogens (primary N) is 1. The summed E-state index contributed by atoms with van der Waals surface area (Å²) in [5, 5.41) is 5.84. The molecule has 0 radical (unpaired) electrons. The van der Waals surface area contributed by atoms with Gasteiger partial charge < -0.3 is 26.3 Å². The van der Waals surface area contributed by atoms with Crippen LogP contribution in [-0.2, 0) is 0 Å². The molecule has 3 heterocycles. The van der Waals surface area contributed by atoms with Crippen molar-refractivity contribution in [2.24, 2.45) is 11.7 Å². The van der Waals surface area contributed by atoms with Crippen molar-refractivity contribution < 1.29 is 22.8 Å². The predicted molar refractivity (Wildman–Crippen MR) is 96.8 cm³/mol. The first-order valence-electron chi connectivity index (χ1n) is 8.81. The summed E-state index contributed by atoms with van der Waals surface area (Å²) in [5.74, 6) is -0.650. The van der Waals surface area contributed by atoms with E-state index in [1.54, 1.807) is 12.3 Å². The fourth-order valence-electron chi connectivity index (χ4n) is 3.44. The molecule has 3 amide bonds. The van der Waals surface area contributed by atoms with Crippen LogP contribution < -0.4 is 16.4 Å². The summed E-state index contributed by atoms with van der Waals surface area (Å²) in [7, 11) is 0. The first kappa shape index (κ1) is 19.8. The van der Waals surface area contributed by atoms with Crippen molar-refractivity contribution in [2.45, 2.75) is 25.6 Å². The molecule has 28 heavy (non-hydrogen) atoms. The summed E-state index contributed by atoms with van der Waals surface area (Å²) in [6, 6.07) is 0.734. The molecule has 0 aliphatic carbocycles. The molecule has 1 fully saturated rings. The average Bonchev–Trinajstić information content (AvgIpc) is 3.25. The summed E-state index contributed by atoms with van der Waals surface area (Å²) in [4.78, 5) is 32.4. The zero-order chi connectivity index (χ0) is 20.5. The van der Waals surface area contributed by atoms with Crippen LogP contribution in [0, 0.1) is 5.92 Å². The third kappa shape index (κ3) is 4.12. The van der Waals surface area contributed by atoms with Crippen LogP contribution in [0.5, 0.6) is 0 Å². The highest BCUT2D eigenvalue weighted by Gasteiger charge is 2.36. The van der Waals surface area contributed by atoms with Crippen molar-refractivity contribution >= 4 is 28.7 Å². The van der Waals surface area contributed by atoms with E-state index in [1.165, 1.54) is 11.1 Å². The Morgan fingerprint density at radius 2 is 2.14 bits per heavy atom. The molecule has 0 spiro atoms. The second-order valence-electron chi connectivity index (χ2n) is 6.75. The highest BCUT2D eigenvalue weighted by molar-refractivity contribution is 6.06. The van der Waals surface area contributed by atoms with Gasteiger partial charge in [-0.3, -0.25) is 4.79 Å². The molecule has 0 aromatic carbocycles. The van der Waals surface area contributed by atoms with E-state index in [9.17, 15) is 22.8 Å². The molecule has 5 N–H and O–H groups in total. The van der Waals surface area contributed by atoms with Crippen molar-refractivity contribution in [1.82, 2.24) is 20.2 Å². The van der Waals surface area contributed by atoms with Crippen LogP contribution >= 0.6 is 0 Å². The number of aromatic nitrogens is 2. The minimum absolute atomic E-state index is 0.000444. The van der Waals surface area contributed by atoms with Gasteiger partial charge in [0, 0.05) is 36.9 Å². The molecule has 1 saturated heterocycles. The number of pyridine rings is 1. The van der Waals surface area contributed by atoms with Gasteiger partial charge in [-0.15, -0.1) is 0 Å². The SMILES string of the molecule is CC[C@H]1CN(C(=O)NCC(F)(F)F)CC1Nc1c(C(N)=O)cnc2[nH]ccc12. The Morgan fingerprint density at radius 1 is 1.39 bits per heavy atom. The van der Waals surface area contributed by atoms with Gasteiger partial charge in [-0.1, -0.05) is 6.92 Å². The first-order valence-corrected chi connectivity index (χ1v) is 8.81. The number of nitrogens with zero attached hydrogens (tertiary/aromatic N) is 2. The number of H-pyrrole nitrogens is 1. The normalized spacial score (nSPS) is 19.8. The summed E-state index contributed by atoms with van der Waals surface area (Å²) >= 11 is 0. The van der Waals surface area contributed by atoms with Crippen LogP contribution in [0.3, 0.4) is 0 Å². The minimum Gasteiger partial charge on any atom is -0.379 e. The van der Waals surface area contributed by atoms with Crippen molar-refractivity contribution in [3.8, 4) is 0 Å². The van der Waals surface area contributed by atoms with Crippen molar-refractivity contribution in [3.05, 3.63) is 24.0 Å². The highest BCUT2D eigenvalue weighted by atomic mass is 19.4. The number of hydrogen-bond acceptors (Lipinski definition) is 4. The van der Waals surface area contributed by atoms with Crippen LogP contribution in [0.2, 0.25) is 0 Å². The number of alkyl halides is 3. The number of primary amides is 1. The van der Waals surface area contributed by atoms with Gasteiger partial charge in [0.15, 0.2) is 0 Å². The quantitative estimate of drug-likeness (QED) is 0.617. The molecule has 2 aromatic rings. The van der Waals surface area contributed by atoms with Crippen LogP contribution in [-0.4, -0.2) is 58.7 Å². The van der Waals surface area contributed by atoms with E-state index in [-0.39, 0.29) is 24.1 Å².